The van der Waals surface area contributed by atoms with Gasteiger partial charge in [0.15, 0.2) is 11.6 Å². The summed E-state index contributed by atoms with van der Waals surface area (Å²) in [5.74, 6) is -0.555. The van der Waals surface area contributed by atoms with Gasteiger partial charge in [-0.3, -0.25) is 0 Å². The summed E-state index contributed by atoms with van der Waals surface area (Å²) in [7, 11) is 1.37. The maximum Gasteiger partial charge on any atom is 0.338 e. The fraction of sp³-hybridized carbons (Fsp3) is 0.258. The molecule has 0 spiro atoms. The van der Waals surface area contributed by atoms with Gasteiger partial charge >= 0.3 is 5.97 Å². The average Bonchev–Trinajstić information content (AvgIpc) is 2.92. The number of aryl methyl sites for hydroxylation is 1. The average molecular weight is 499 g/mol. The Hall–Kier alpha value is -3.90. The molecule has 5 nitrogen and oxygen atoms in total. The zero-order valence-corrected chi connectivity index (χ0v) is 21.3. The van der Waals surface area contributed by atoms with Crippen LogP contribution in [0.15, 0.2) is 78.9 Å². The molecule has 0 bridgehead atoms. The summed E-state index contributed by atoms with van der Waals surface area (Å²) < 4.78 is 25.9. The van der Waals surface area contributed by atoms with Crippen molar-refractivity contribution >= 4 is 28.1 Å². The molecule has 1 aliphatic heterocycles. The molecule has 0 aromatic heterocycles. The lowest BCUT2D eigenvalue weighted by Gasteiger charge is -2.37. The van der Waals surface area contributed by atoms with Crippen molar-refractivity contribution in [3.8, 4) is 5.75 Å². The van der Waals surface area contributed by atoms with E-state index in [1.807, 2.05) is 30.0 Å². The highest BCUT2D eigenvalue weighted by molar-refractivity contribution is 5.92. The number of rotatable bonds is 7. The van der Waals surface area contributed by atoms with Gasteiger partial charge in [-0.25, -0.2) is 9.18 Å². The number of anilines is 2. The Morgan fingerprint density at radius 2 is 1.89 bits per heavy atom. The fourth-order valence-corrected chi connectivity index (χ4v) is 5.03. The number of hydrogen-bond acceptors (Lipinski definition) is 5. The van der Waals surface area contributed by atoms with Gasteiger partial charge in [0.2, 0.25) is 0 Å². The normalized spacial score (nSPS) is 15.7. The van der Waals surface area contributed by atoms with Crippen LogP contribution in [0, 0.1) is 12.7 Å². The number of para-hydroxylation sites is 1. The monoisotopic (exact) mass is 498 g/mol. The highest BCUT2D eigenvalue weighted by atomic mass is 19.1. The molecule has 37 heavy (non-hydrogen) atoms. The zero-order chi connectivity index (χ0) is 25.9. The Morgan fingerprint density at radius 3 is 2.73 bits per heavy atom. The molecular weight excluding hydrogens is 467 g/mol. The number of methoxy groups -OCH3 is 1. The van der Waals surface area contributed by atoms with Gasteiger partial charge in [0.05, 0.1) is 24.9 Å². The van der Waals surface area contributed by atoms with Crippen LogP contribution >= 0.6 is 0 Å². The summed E-state index contributed by atoms with van der Waals surface area (Å²) in [4.78, 5) is 14.3. The summed E-state index contributed by atoms with van der Waals surface area (Å²) in [5.41, 5.74) is 4.00. The molecule has 2 atom stereocenters. The second-order valence-electron chi connectivity index (χ2n) is 9.46. The first-order chi connectivity index (χ1) is 18.0. The minimum Gasteiger partial charge on any atom is -0.483 e. The van der Waals surface area contributed by atoms with Crippen LogP contribution < -0.4 is 15.0 Å². The largest absolute Gasteiger partial charge is 0.483 e. The zero-order valence-electron chi connectivity index (χ0n) is 21.3. The number of benzene rings is 4. The first-order valence-corrected chi connectivity index (χ1v) is 12.6. The number of fused-ring (bicyclic) bond motifs is 2. The highest BCUT2D eigenvalue weighted by Gasteiger charge is 2.29. The van der Waals surface area contributed by atoms with Crippen LogP contribution in [0.1, 0.15) is 40.9 Å². The van der Waals surface area contributed by atoms with Crippen molar-refractivity contribution in [1.82, 2.24) is 5.32 Å². The molecule has 0 aliphatic carbocycles. The van der Waals surface area contributed by atoms with Gasteiger partial charge in [0.25, 0.3) is 0 Å². The lowest BCUT2D eigenvalue weighted by atomic mass is 9.99. The van der Waals surface area contributed by atoms with E-state index in [2.05, 4.69) is 54.7 Å². The Balaban J connectivity index is 1.35. The molecule has 1 aliphatic rings. The predicted molar refractivity (Wildman–Crippen MR) is 145 cm³/mol. The van der Waals surface area contributed by atoms with E-state index in [0.717, 1.165) is 11.3 Å². The van der Waals surface area contributed by atoms with Crippen molar-refractivity contribution in [2.24, 2.45) is 0 Å². The van der Waals surface area contributed by atoms with Gasteiger partial charge in [-0.2, -0.15) is 0 Å². The van der Waals surface area contributed by atoms with Crippen molar-refractivity contribution in [3.63, 3.8) is 0 Å². The Labute approximate surface area is 216 Å². The third-order valence-corrected chi connectivity index (χ3v) is 7.05. The van der Waals surface area contributed by atoms with Gasteiger partial charge in [-0.05, 0) is 73.0 Å². The molecule has 190 valence electrons. The molecule has 0 fully saturated rings. The van der Waals surface area contributed by atoms with Crippen LogP contribution in [0.2, 0.25) is 0 Å². The summed E-state index contributed by atoms with van der Waals surface area (Å²) >= 11 is 0. The van der Waals surface area contributed by atoms with Crippen LogP contribution in [0.25, 0.3) is 10.8 Å². The molecule has 0 amide bonds. The summed E-state index contributed by atoms with van der Waals surface area (Å²) in [5, 5.41) is 6.07. The highest BCUT2D eigenvalue weighted by Crippen LogP contribution is 2.41. The first kappa shape index (κ1) is 24.8. The second-order valence-corrected chi connectivity index (χ2v) is 9.46. The minimum atomic E-state index is -0.399. The van der Waals surface area contributed by atoms with Crippen LogP contribution in [0.4, 0.5) is 15.8 Å². The number of hydrogen-bond donors (Lipinski definition) is 1. The molecule has 4 aromatic rings. The van der Waals surface area contributed by atoms with Crippen molar-refractivity contribution in [2.75, 3.05) is 25.1 Å². The van der Waals surface area contributed by atoms with E-state index in [-0.39, 0.29) is 17.9 Å². The van der Waals surface area contributed by atoms with Crippen molar-refractivity contribution in [3.05, 3.63) is 101 Å². The van der Waals surface area contributed by atoms with Crippen LogP contribution in [-0.4, -0.2) is 32.3 Å². The molecule has 1 N–H and O–H groups in total. The van der Waals surface area contributed by atoms with Gasteiger partial charge in [-0.15, -0.1) is 0 Å². The van der Waals surface area contributed by atoms with E-state index in [4.69, 9.17) is 9.47 Å². The van der Waals surface area contributed by atoms with E-state index >= 15 is 0 Å². The number of halogens is 1. The van der Waals surface area contributed by atoms with Crippen LogP contribution in [0.3, 0.4) is 0 Å². The van der Waals surface area contributed by atoms with Gasteiger partial charge < -0.3 is 19.7 Å². The van der Waals surface area contributed by atoms with Gasteiger partial charge in [-0.1, -0.05) is 54.6 Å². The van der Waals surface area contributed by atoms with Gasteiger partial charge in [0, 0.05) is 11.7 Å². The molecule has 5 rings (SSSR count). The molecule has 2 unspecified atom stereocenters. The third-order valence-electron chi connectivity index (χ3n) is 7.05. The van der Waals surface area contributed by atoms with Crippen molar-refractivity contribution in [1.29, 1.82) is 0 Å². The number of carbonyl (C=O) groups excluding carboxylic acids is 1. The molecule has 6 heteroatoms. The number of nitrogens with one attached hydrogen (secondary N) is 1. The summed E-state index contributed by atoms with van der Waals surface area (Å²) in [6, 6.07) is 25.5. The van der Waals surface area contributed by atoms with Crippen molar-refractivity contribution < 1.29 is 18.7 Å². The molecule has 1 heterocycles. The first-order valence-electron chi connectivity index (χ1n) is 12.6. The summed E-state index contributed by atoms with van der Waals surface area (Å²) in [6.45, 7) is 5.26. The van der Waals surface area contributed by atoms with E-state index < -0.39 is 11.8 Å². The SMILES string of the molecule is COC(=O)c1cc(N2CC(CCNC(C)c3cccc4ccccc34)Oc3c(F)cccc32)ccc1C. The predicted octanol–water partition coefficient (Wildman–Crippen LogP) is 6.71. The molecule has 0 radical (unpaired) electrons. The third kappa shape index (κ3) is 5.02. The quantitative estimate of drug-likeness (QED) is 0.287. The lowest BCUT2D eigenvalue weighted by molar-refractivity contribution is 0.0600. The van der Waals surface area contributed by atoms with E-state index in [0.29, 0.717) is 30.8 Å². The standard InChI is InChI=1S/C31H31FN2O3/c1-20-14-15-23(18-27(20)31(35)36-3)34-19-24(37-30-28(32)12-7-13-29(30)34)16-17-33-21(2)25-11-6-9-22-8-4-5-10-26(22)25/h4-15,18,21,24,33H,16-17,19H2,1-3H3. The number of nitrogens with zero attached hydrogens (tertiary/aromatic N) is 1. The maximum atomic E-state index is 14.8. The maximum absolute atomic E-state index is 14.8. The van der Waals surface area contributed by atoms with Gasteiger partial charge in [0.1, 0.15) is 6.10 Å². The molecular formula is C31H31FN2O3. The number of ether oxygens (including phenoxy) is 2. The topological polar surface area (TPSA) is 50.8 Å². The summed E-state index contributed by atoms with van der Waals surface area (Å²) in [6.07, 6.45) is 0.453. The van der Waals surface area contributed by atoms with E-state index in [1.165, 1.54) is 29.5 Å². The molecule has 0 saturated carbocycles. The fourth-order valence-electron chi connectivity index (χ4n) is 5.03. The van der Waals surface area contributed by atoms with Crippen molar-refractivity contribution in [2.45, 2.75) is 32.4 Å². The molecule has 0 saturated heterocycles. The minimum absolute atomic E-state index is 0.148. The Bertz CT molecular complexity index is 1430. The van der Waals surface area contributed by atoms with E-state index in [9.17, 15) is 9.18 Å². The number of carbonyl (C=O) groups is 1. The van der Waals surface area contributed by atoms with Crippen LogP contribution in [-0.2, 0) is 4.74 Å². The molecule has 4 aromatic carbocycles. The lowest BCUT2D eigenvalue weighted by Crippen LogP contribution is -2.39. The Morgan fingerprint density at radius 1 is 1.11 bits per heavy atom. The second kappa shape index (κ2) is 10.6. The smallest absolute Gasteiger partial charge is 0.338 e. The van der Waals surface area contributed by atoms with E-state index in [1.54, 1.807) is 12.1 Å². The Kier molecular flexibility index (Phi) is 7.10. The number of esters is 1. The van der Waals surface area contributed by atoms with Crippen LogP contribution in [0.5, 0.6) is 5.75 Å².